The smallest absolute Gasteiger partial charge is 0.325 e. The van der Waals surface area contributed by atoms with E-state index in [1.807, 2.05) is 36.4 Å². The van der Waals surface area contributed by atoms with Crippen molar-refractivity contribution in [3.05, 3.63) is 66.0 Å². The molecule has 21 heavy (non-hydrogen) atoms. The van der Waals surface area contributed by atoms with Gasteiger partial charge in [0.1, 0.15) is 6.04 Å². The lowest BCUT2D eigenvalue weighted by Gasteiger charge is -2.12. The van der Waals surface area contributed by atoms with Crippen LogP contribution in [0.2, 0.25) is 0 Å². The van der Waals surface area contributed by atoms with Crippen molar-refractivity contribution in [2.75, 3.05) is 0 Å². The summed E-state index contributed by atoms with van der Waals surface area (Å²) >= 11 is 0. The number of rotatable bonds is 4. The Hall–Kier alpha value is -2.69. The van der Waals surface area contributed by atoms with Gasteiger partial charge in [-0.3, -0.25) is 14.7 Å². The van der Waals surface area contributed by atoms with Gasteiger partial charge in [0, 0.05) is 18.8 Å². The predicted octanol–water partition coefficient (Wildman–Crippen LogP) is 1.74. The number of hydrogen-bond acceptors (Lipinski definition) is 3. The van der Waals surface area contributed by atoms with Crippen molar-refractivity contribution in [2.24, 2.45) is 0 Å². The van der Waals surface area contributed by atoms with Crippen molar-refractivity contribution in [1.82, 2.24) is 15.2 Å². The number of nitrogens with zero attached hydrogens (tertiary/aromatic N) is 2. The first-order chi connectivity index (χ1) is 10.2. The van der Waals surface area contributed by atoms with Gasteiger partial charge >= 0.3 is 6.03 Å². The zero-order chi connectivity index (χ0) is 14.7. The monoisotopic (exact) mass is 281 g/mol. The van der Waals surface area contributed by atoms with Crippen LogP contribution in [0.5, 0.6) is 0 Å². The van der Waals surface area contributed by atoms with E-state index in [1.54, 1.807) is 18.5 Å². The number of pyridine rings is 1. The van der Waals surface area contributed by atoms with Crippen LogP contribution in [0.1, 0.15) is 11.1 Å². The molecule has 1 atom stereocenters. The average Bonchev–Trinajstić information content (AvgIpc) is 2.77. The van der Waals surface area contributed by atoms with Crippen LogP contribution in [-0.4, -0.2) is 27.9 Å². The van der Waals surface area contributed by atoms with Crippen LogP contribution in [0.25, 0.3) is 0 Å². The maximum Gasteiger partial charge on any atom is 0.325 e. The first-order valence-electron chi connectivity index (χ1n) is 6.79. The molecule has 1 aliphatic heterocycles. The van der Waals surface area contributed by atoms with Gasteiger partial charge in [-0.25, -0.2) is 4.79 Å². The topological polar surface area (TPSA) is 62.3 Å². The molecule has 3 rings (SSSR count). The zero-order valence-electron chi connectivity index (χ0n) is 11.4. The van der Waals surface area contributed by atoms with Gasteiger partial charge in [0.05, 0.1) is 6.54 Å². The molecule has 5 heteroatoms. The van der Waals surface area contributed by atoms with E-state index >= 15 is 0 Å². The second-order valence-electron chi connectivity index (χ2n) is 4.98. The van der Waals surface area contributed by atoms with Crippen molar-refractivity contribution >= 4 is 11.9 Å². The fourth-order valence-corrected chi connectivity index (χ4v) is 2.39. The number of carbonyl (C=O) groups excluding carboxylic acids is 2. The van der Waals surface area contributed by atoms with Crippen LogP contribution in [0.4, 0.5) is 4.79 Å². The summed E-state index contributed by atoms with van der Waals surface area (Å²) in [4.78, 5) is 29.5. The second-order valence-corrected chi connectivity index (χ2v) is 4.98. The normalized spacial score (nSPS) is 17.9. The van der Waals surface area contributed by atoms with Gasteiger partial charge in [-0.05, 0) is 17.2 Å². The van der Waals surface area contributed by atoms with Crippen LogP contribution in [0.15, 0.2) is 54.9 Å². The molecule has 1 N–H and O–H groups in total. The lowest BCUT2D eigenvalue weighted by molar-refractivity contribution is -0.127. The summed E-state index contributed by atoms with van der Waals surface area (Å²) in [7, 11) is 0. The second kappa shape index (κ2) is 5.75. The molecule has 0 bridgehead atoms. The Balaban J connectivity index is 1.70. The number of hydrogen-bond donors (Lipinski definition) is 1. The summed E-state index contributed by atoms with van der Waals surface area (Å²) in [6.07, 6.45) is 3.83. The lowest BCUT2D eigenvalue weighted by Crippen LogP contribution is -2.32. The van der Waals surface area contributed by atoms with Gasteiger partial charge < -0.3 is 5.32 Å². The zero-order valence-corrected chi connectivity index (χ0v) is 11.4. The minimum Gasteiger partial charge on any atom is -0.325 e. The van der Waals surface area contributed by atoms with Crippen LogP contribution in [-0.2, 0) is 17.8 Å². The molecule has 1 aromatic heterocycles. The number of benzene rings is 1. The largest absolute Gasteiger partial charge is 0.325 e. The van der Waals surface area contributed by atoms with Gasteiger partial charge in [-0.15, -0.1) is 0 Å². The van der Waals surface area contributed by atoms with Gasteiger partial charge in [0.15, 0.2) is 0 Å². The number of amides is 3. The van der Waals surface area contributed by atoms with Gasteiger partial charge in [0.25, 0.3) is 5.91 Å². The van der Waals surface area contributed by atoms with Crippen LogP contribution in [0.3, 0.4) is 0 Å². The third-order valence-electron chi connectivity index (χ3n) is 3.45. The Morgan fingerprint density at radius 2 is 1.81 bits per heavy atom. The SMILES string of the molecule is O=C1N[C@@H](Cc2ccccc2)C(=O)N1Cc1cccnc1. The molecule has 5 nitrogen and oxygen atoms in total. The molecule has 1 fully saturated rings. The van der Waals surface area contributed by atoms with Crippen molar-refractivity contribution in [3.63, 3.8) is 0 Å². The minimum absolute atomic E-state index is 0.187. The van der Waals surface area contributed by atoms with E-state index in [2.05, 4.69) is 10.3 Å². The summed E-state index contributed by atoms with van der Waals surface area (Å²) in [5.74, 6) is -0.187. The molecule has 0 spiro atoms. The van der Waals surface area contributed by atoms with Crippen molar-refractivity contribution < 1.29 is 9.59 Å². The standard InChI is InChI=1S/C16H15N3O2/c20-15-14(9-12-5-2-1-3-6-12)18-16(21)19(15)11-13-7-4-8-17-10-13/h1-8,10,14H,9,11H2,(H,18,21)/t14-/m0/s1. The van der Waals surface area contributed by atoms with E-state index in [4.69, 9.17) is 0 Å². The van der Waals surface area contributed by atoms with E-state index in [0.717, 1.165) is 11.1 Å². The van der Waals surface area contributed by atoms with Gasteiger partial charge in [-0.1, -0.05) is 36.4 Å². The maximum atomic E-state index is 12.3. The van der Waals surface area contributed by atoms with Crippen molar-refractivity contribution in [3.8, 4) is 0 Å². The maximum absolute atomic E-state index is 12.3. The number of imide groups is 1. The molecule has 1 aliphatic rings. The molecule has 106 valence electrons. The predicted molar refractivity (Wildman–Crippen MR) is 77.3 cm³/mol. The first-order valence-corrected chi connectivity index (χ1v) is 6.79. The molecule has 0 saturated carbocycles. The quantitative estimate of drug-likeness (QED) is 0.868. The molecule has 0 aliphatic carbocycles. The van der Waals surface area contributed by atoms with Crippen LogP contribution in [0, 0.1) is 0 Å². The third-order valence-corrected chi connectivity index (χ3v) is 3.45. The fourth-order valence-electron chi connectivity index (χ4n) is 2.39. The molecule has 3 amide bonds. The van der Waals surface area contributed by atoms with E-state index in [-0.39, 0.29) is 18.5 Å². The Morgan fingerprint density at radius 1 is 1.05 bits per heavy atom. The van der Waals surface area contributed by atoms with Crippen LogP contribution >= 0.6 is 0 Å². The number of carbonyl (C=O) groups is 2. The van der Waals surface area contributed by atoms with Gasteiger partial charge in [-0.2, -0.15) is 0 Å². The number of aromatic nitrogens is 1. The van der Waals surface area contributed by atoms with Crippen molar-refractivity contribution in [1.29, 1.82) is 0 Å². The van der Waals surface area contributed by atoms with E-state index < -0.39 is 6.04 Å². The Kier molecular flexibility index (Phi) is 3.64. The highest BCUT2D eigenvalue weighted by Crippen LogP contribution is 2.14. The summed E-state index contributed by atoms with van der Waals surface area (Å²) in [5.41, 5.74) is 1.86. The molecule has 1 aromatic carbocycles. The molecule has 1 saturated heterocycles. The molecule has 2 heterocycles. The summed E-state index contributed by atoms with van der Waals surface area (Å²) in [6, 6.07) is 12.5. The Bertz CT molecular complexity index is 643. The molecular formula is C16H15N3O2. The third kappa shape index (κ3) is 2.91. The summed E-state index contributed by atoms with van der Waals surface area (Å²) in [6.45, 7) is 0.254. The Morgan fingerprint density at radius 3 is 2.52 bits per heavy atom. The molecular weight excluding hydrogens is 266 g/mol. The Labute approximate surface area is 122 Å². The molecule has 0 unspecified atom stereocenters. The highest BCUT2D eigenvalue weighted by atomic mass is 16.2. The summed E-state index contributed by atoms with van der Waals surface area (Å²) < 4.78 is 0. The van der Waals surface area contributed by atoms with Gasteiger partial charge in [0.2, 0.25) is 0 Å². The van der Waals surface area contributed by atoms with E-state index in [0.29, 0.717) is 6.42 Å². The minimum atomic E-state index is -0.489. The van der Waals surface area contributed by atoms with Crippen molar-refractivity contribution in [2.45, 2.75) is 19.0 Å². The first kappa shape index (κ1) is 13.3. The van der Waals surface area contributed by atoms with Crippen LogP contribution < -0.4 is 5.32 Å². The van der Waals surface area contributed by atoms with E-state index in [1.165, 1.54) is 4.90 Å². The lowest BCUT2D eigenvalue weighted by atomic mass is 10.1. The number of nitrogens with one attached hydrogen (secondary N) is 1. The average molecular weight is 281 g/mol. The molecule has 2 aromatic rings. The molecule has 0 radical (unpaired) electrons. The summed E-state index contributed by atoms with van der Waals surface area (Å²) in [5, 5.41) is 2.74. The highest BCUT2D eigenvalue weighted by Gasteiger charge is 2.37. The number of urea groups is 1. The highest BCUT2D eigenvalue weighted by molar-refractivity contribution is 6.04. The van der Waals surface area contributed by atoms with E-state index in [9.17, 15) is 9.59 Å². The fraction of sp³-hybridized carbons (Fsp3) is 0.188.